The third kappa shape index (κ3) is 3.01. The van der Waals surface area contributed by atoms with Crippen molar-refractivity contribution in [3.63, 3.8) is 0 Å². The molecule has 0 aliphatic carbocycles. The molecule has 0 spiro atoms. The number of hydrogen-bond acceptors (Lipinski definition) is 5. The molecular formula is C15H13BrN4S. The van der Waals surface area contributed by atoms with E-state index in [1.807, 2.05) is 24.5 Å². The molecule has 0 unspecified atom stereocenters. The summed E-state index contributed by atoms with van der Waals surface area (Å²) in [5.41, 5.74) is 3.06. The number of aromatic nitrogens is 3. The summed E-state index contributed by atoms with van der Waals surface area (Å²) in [6.45, 7) is 2.06. The van der Waals surface area contributed by atoms with Gasteiger partial charge in [0.05, 0.1) is 10.9 Å². The predicted octanol–water partition coefficient (Wildman–Crippen LogP) is 4.56. The number of nitrogens with one attached hydrogen (secondary N) is 1. The molecule has 1 N–H and O–H groups in total. The molecule has 3 rings (SSSR count). The highest BCUT2D eigenvalue weighted by Crippen LogP contribution is 2.30. The van der Waals surface area contributed by atoms with Crippen LogP contribution in [0.4, 0.5) is 11.5 Å². The van der Waals surface area contributed by atoms with Crippen molar-refractivity contribution in [3.05, 3.63) is 46.7 Å². The molecule has 2 aromatic heterocycles. The van der Waals surface area contributed by atoms with Crippen LogP contribution >= 0.6 is 27.7 Å². The molecule has 0 fully saturated rings. The SMILES string of the molecule is CSc1nc(Nc2cccc(C)c2)c2c(Br)nccc2n1. The highest BCUT2D eigenvalue weighted by atomic mass is 79.9. The van der Waals surface area contributed by atoms with E-state index < -0.39 is 0 Å². The Morgan fingerprint density at radius 2 is 2.05 bits per heavy atom. The zero-order valence-corrected chi connectivity index (χ0v) is 14.0. The molecule has 0 aliphatic heterocycles. The van der Waals surface area contributed by atoms with Crippen LogP contribution in [0.2, 0.25) is 0 Å². The fourth-order valence-corrected chi connectivity index (χ4v) is 2.94. The average molecular weight is 361 g/mol. The topological polar surface area (TPSA) is 50.7 Å². The number of nitrogens with zero attached hydrogens (tertiary/aromatic N) is 3. The number of fused-ring (bicyclic) bond motifs is 1. The van der Waals surface area contributed by atoms with E-state index in [1.54, 1.807) is 6.20 Å². The molecule has 0 saturated carbocycles. The molecule has 21 heavy (non-hydrogen) atoms. The van der Waals surface area contributed by atoms with Crippen molar-refractivity contribution in [2.45, 2.75) is 12.1 Å². The molecule has 1 aromatic carbocycles. The third-order valence-electron chi connectivity index (χ3n) is 3.01. The van der Waals surface area contributed by atoms with Gasteiger partial charge in [-0.05, 0) is 52.9 Å². The predicted molar refractivity (Wildman–Crippen MR) is 91.3 cm³/mol. The van der Waals surface area contributed by atoms with Gasteiger partial charge in [-0.3, -0.25) is 0 Å². The Hall–Kier alpha value is -1.66. The van der Waals surface area contributed by atoms with Crippen molar-refractivity contribution in [1.29, 1.82) is 0 Å². The van der Waals surface area contributed by atoms with E-state index in [9.17, 15) is 0 Å². The summed E-state index contributed by atoms with van der Waals surface area (Å²) in [5, 5.41) is 4.99. The van der Waals surface area contributed by atoms with Crippen molar-refractivity contribution < 1.29 is 0 Å². The first-order chi connectivity index (χ1) is 10.2. The van der Waals surface area contributed by atoms with E-state index in [2.05, 4.69) is 55.3 Å². The second-order valence-corrected chi connectivity index (χ2v) is 6.07. The first-order valence-electron chi connectivity index (χ1n) is 6.37. The monoisotopic (exact) mass is 360 g/mol. The largest absolute Gasteiger partial charge is 0.339 e. The lowest BCUT2D eigenvalue weighted by Gasteiger charge is -2.11. The van der Waals surface area contributed by atoms with Gasteiger partial charge < -0.3 is 5.32 Å². The molecule has 106 valence electrons. The molecule has 4 nitrogen and oxygen atoms in total. The molecular weight excluding hydrogens is 348 g/mol. The van der Waals surface area contributed by atoms with Crippen LogP contribution in [0.1, 0.15) is 5.56 Å². The van der Waals surface area contributed by atoms with E-state index in [0.29, 0.717) is 0 Å². The van der Waals surface area contributed by atoms with Gasteiger partial charge in [-0.2, -0.15) is 0 Å². The quantitative estimate of drug-likeness (QED) is 0.421. The number of aryl methyl sites for hydroxylation is 1. The van der Waals surface area contributed by atoms with E-state index >= 15 is 0 Å². The van der Waals surface area contributed by atoms with Gasteiger partial charge in [0, 0.05) is 11.9 Å². The standard InChI is InChI=1S/C15H13BrN4S/c1-9-4-3-5-10(8-9)18-14-12-11(6-7-17-13(12)16)19-15(20-14)21-2/h3-8H,1-2H3,(H,18,19,20). The Morgan fingerprint density at radius 1 is 1.19 bits per heavy atom. The van der Waals surface area contributed by atoms with Gasteiger partial charge >= 0.3 is 0 Å². The van der Waals surface area contributed by atoms with Gasteiger partial charge in [-0.15, -0.1) is 0 Å². The molecule has 0 saturated heterocycles. The van der Waals surface area contributed by atoms with E-state index in [4.69, 9.17) is 0 Å². The number of thioether (sulfide) groups is 1. The lowest BCUT2D eigenvalue weighted by molar-refractivity contribution is 1.01. The minimum Gasteiger partial charge on any atom is -0.339 e. The van der Waals surface area contributed by atoms with Crippen LogP contribution in [0.3, 0.4) is 0 Å². The summed E-state index contributed by atoms with van der Waals surface area (Å²) < 4.78 is 0.739. The Labute approximate surface area is 135 Å². The number of pyridine rings is 1. The highest BCUT2D eigenvalue weighted by molar-refractivity contribution is 9.10. The summed E-state index contributed by atoms with van der Waals surface area (Å²) in [5.74, 6) is 0.759. The zero-order chi connectivity index (χ0) is 14.8. The van der Waals surface area contributed by atoms with Gasteiger partial charge in [0.15, 0.2) is 5.16 Å². The summed E-state index contributed by atoms with van der Waals surface area (Å²) in [6, 6.07) is 10.1. The lowest BCUT2D eigenvalue weighted by Crippen LogP contribution is -1.99. The van der Waals surface area contributed by atoms with Crippen LogP contribution < -0.4 is 5.32 Å². The normalized spacial score (nSPS) is 10.8. The van der Waals surface area contributed by atoms with Gasteiger partial charge in [0.1, 0.15) is 10.4 Å². The van der Waals surface area contributed by atoms with Crippen molar-refractivity contribution in [1.82, 2.24) is 15.0 Å². The minimum absolute atomic E-state index is 0.732. The Balaban J connectivity index is 2.16. The van der Waals surface area contributed by atoms with E-state index in [0.717, 1.165) is 32.2 Å². The second kappa shape index (κ2) is 5.99. The lowest BCUT2D eigenvalue weighted by atomic mass is 10.2. The van der Waals surface area contributed by atoms with Crippen LogP contribution in [0.15, 0.2) is 46.3 Å². The maximum absolute atomic E-state index is 4.58. The first-order valence-corrected chi connectivity index (χ1v) is 8.39. The van der Waals surface area contributed by atoms with Gasteiger partial charge in [-0.1, -0.05) is 23.9 Å². The third-order valence-corrected chi connectivity index (χ3v) is 4.16. The number of halogens is 1. The highest BCUT2D eigenvalue weighted by Gasteiger charge is 2.11. The molecule has 0 aliphatic rings. The number of hydrogen-bond donors (Lipinski definition) is 1. The number of anilines is 2. The van der Waals surface area contributed by atoms with Crippen molar-refractivity contribution in [3.8, 4) is 0 Å². The van der Waals surface area contributed by atoms with Crippen LogP contribution in [0.5, 0.6) is 0 Å². The smallest absolute Gasteiger partial charge is 0.189 e. The van der Waals surface area contributed by atoms with Crippen LogP contribution in [-0.2, 0) is 0 Å². The molecule has 6 heteroatoms. The minimum atomic E-state index is 0.732. The summed E-state index contributed by atoms with van der Waals surface area (Å²) in [4.78, 5) is 13.4. The number of benzene rings is 1. The summed E-state index contributed by atoms with van der Waals surface area (Å²) in [6.07, 6.45) is 3.70. The molecule has 2 heterocycles. The van der Waals surface area contributed by atoms with Gasteiger partial charge in [-0.25, -0.2) is 15.0 Å². The van der Waals surface area contributed by atoms with Crippen LogP contribution in [0.25, 0.3) is 10.9 Å². The first kappa shape index (κ1) is 14.3. The zero-order valence-electron chi connectivity index (χ0n) is 11.6. The van der Waals surface area contributed by atoms with Crippen molar-refractivity contribution in [2.24, 2.45) is 0 Å². The molecule has 0 atom stereocenters. The molecule has 0 radical (unpaired) electrons. The maximum Gasteiger partial charge on any atom is 0.189 e. The maximum atomic E-state index is 4.58. The van der Waals surface area contributed by atoms with Crippen molar-refractivity contribution in [2.75, 3.05) is 11.6 Å². The summed E-state index contributed by atoms with van der Waals surface area (Å²) >= 11 is 5.00. The number of rotatable bonds is 3. The Bertz CT molecular complexity index is 807. The molecule has 0 amide bonds. The fourth-order valence-electron chi connectivity index (χ4n) is 2.06. The molecule has 0 bridgehead atoms. The summed E-state index contributed by atoms with van der Waals surface area (Å²) in [7, 11) is 0. The van der Waals surface area contributed by atoms with E-state index in [1.165, 1.54) is 17.3 Å². The van der Waals surface area contributed by atoms with Gasteiger partial charge in [0.25, 0.3) is 0 Å². The van der Waals surface area contributed by atoms with Gasteiger partial charge in [0.2, 0.25) is 0 Å². The average Bonchev–Trinajstić information content (AvgIpc) is 2.47. The molecule has 3 aromatic rings. The van der Waals surface area contributed by atoms with Crippen LogP contribution in [-0.4, -0.2) is 21.2 Å². The fraction of sp³-hybridized carbons (Fsp3) is 0.133. The second-order valence-electron chi connectivity index (χ2n) is 4.55. The van der Waals surface area contributed by atoms with E-state index in [-0.39, 0.29) is 0 Å². The Morgan fingerprint density at radius 3 is 2.81 bits per heavy atom. The Kier molecular flexibility index (Phi) is 4.07. The van der Waals surface area contributed by atoms with Crippen molar-refractivity contribution >= 4 is 50.1 Å². The van der Waals surface area contributed by atoms with Crippen LogP contribution in [0, 0.1) is 6.92 Å².